The van der Waals surface area contributed by atoms with E-state index in [2.05, 4.69) is 17.2 Å². The van der Waals surface area contributed by atoms with Crippen LogP contribution in [0.3, 0.4) is 0 Å². The molecule has 0 bridgehead atoms. The largest absolute Gasteiger partial charge is 0.458 e. The lowest BCUT2D eigenvalue weighted by molar-refractivity contribution is -0.155. The molecule has 0 heterocycles. The van der Waals surface area contributed by atoms with Crippen LogP contribution < -0.4 is 10.6 Å². The molecule has 172 valence electrons. The standard InChI is InChI=1S/C28H26N2O4/c1-2-3-17-29-26(31)25(19-11-5-4-6-12-19)30-27(32)28(33)34-18-24-22-15-9-7-13-20(22)21-14-8-10-16-23(21)24/h2,4-16,24-25H,1,3,17-18H2,(H,29,31)(H,30,32). The molecule has 0 spiro atoms. The smallest absolute Gasteiger partial charge is 0.396 e. The number of hydrogen-bond donors (Lipinski definition) is 2. The molecule has 4 rings (SSSR count). The van der Waals surface area contributed by atoms with E-state index in [0.29, 0.717) is 18.5 Å². The van der Waals surface area contributed by atoms with Gasteiger partial charge in [-0.25, -0.2) is 4.79 Å². The van der Waals surface area contributed by atoms with Gasteiger partial charge < -0.3 is 15.4 Å². The van der Waals surface area contributed by atoms with Crippen molar-refractivity contribution in [1.29, 1.82) is 0 Å². The monoisotopic (exact) mass is 454 g/mol. The Morgan fingerprint density at radius 1 is 0.882 bits per heavy atom. The summed E-state index contributed by atoms with van der Waals surface area (Å²) in [5, 5.41) is 5.27. The molecule has 3 aromatic carbocycles. The van der Waals surface area contributed by atoms with Gasteiger partial charge in [-0.15, -0.1) is 6.58 Å². The Labute approximate surface area is 198 Å². The molecule has 1 unspecified atom stereocenters. The van der Waals surface area contributed by atoms with Gasteiger partial charge in [-0.2, -0.15) is 0 Å². The molecule has 34 heavy (non-hydrogen) atoms. The average molecular weight is 455 g/mol. The van der Waals surface area contributed by atoms with Crippen LogP contribution in [0.5, 0.6) is 0 Å². The highest BCUT2D eigenvalue weighted by Gasteiger charge is 2.31. The molecule has 0 fully saturated rings. The third kappa shape index (κ3) is 4.91. The Balaban J connectivity index is 1.44. The summed E-state index contributed by atoms with van der Waals surface area (Å²) in [6, 6.07) is 23.7. The fourth-order valence-electron chi connectivity index (χ4n) is 4.20. The zero-order valence-corrected chi connectivity index (χ0v) is 18.7. The quantitative estimate of drug-likeness (QED) is 0.234. The summed E-state index contributed by atoms with van der Waals surface area (Å²) < 4.78 is 5.42. The van der Waals surface area contributed by atoms with Crippen LogP contribution in [0.2, 0.25) is 0 Å². The molecule has 1 aliphatic carbocycles. The number of nitrogens with one attached hydrogen (secondary N) is 2. The number of hydrogen-bond acceptors (Lipinski definition) is 4. The van der Waals surface area contributed by atoms with Crippen molar-refractivity contribution < 1.29 is 19.1 Å². The minimum Gasteiger partial charge on any atom is -0.458 e. The minimum atomic E-state index is -1.03. The normalized spacial score (nSPS) is 12.7. The first kappa shape index (κ1) is 23.0. The van der Waals surface area contributed by atoms with Crippen LogP contribution in [0.15, 0.2) is 91.5 Å². The third-order valence-electron chi connectivity index (χ3n) is 5.85. The number of fused-ring (bicyclic) bond motifs is 3. The van der Waals surface area contributed by atoms with Crippen molar-refractivity contribution in [2.75, 3.05) is 13.2 Å². The first-order valence-corrected chi connectivity index (χ1v) is 11.2. The summed E-state index contributed by atoms with van der Waals surface area (Å²) in [6.45, 7) is 4.04. The summed E-state index contributed by atoms with van der Waals surface area (Å²) in [6.07, 6.45) is 2.28. The minimum absolute atomic E-state index is 0.0296. The van der Waals surface area contributed by atoms with Crippen LogP contribution in [-0.4, -0.2) is 30.9 Å². The van der Waals surface area contributed by atoms with E-state index >= 15 is 0 Å². The van der Waals surface area contributed by atoms with Gasteiger partial charge in [0.25, 0.3) is 0 Å². The molecule has 1 aliphatic rings. The second kappa shape index (κ2) is 10.6. The molecule has 6 heteroatoms. The van der Waals surface area contributed by atoms with E-state index in [0.717, 1.165) is 22.3 Å². The van der Waals surface area contributed by atoms with E-state index in [1.165, 1.54) is 0 Å². The maximum Gasteiger partial charge on any atom is 0.396 e. The predicted molar refractivity (Wildman–Crippen MR) is 130 cm³/mol. The van der Waals surface area contributed by atoms with Gasteiger partial charge in [0.2, 0.25) is 5.91 Å². The van der Waals surface area contributed by atoms with Crippen LogP contribution in [0.1, 0.15) is 35.1 Å². The highest BCUT2D eigenvalue weighted by molar-refractivity contribution is 6.33. The van der Waals surface area contributed by atoms with Gasteiger partial charge in [0.05, 0.1) is 0 Å². The van der Waals surface area contributed by atoms with Crippen molar-refractivity contribution in [1.82, 2.24) is 10.6 Å². The Morgan fingerprint density at radius 3 is 2.09 bits per heavy atom. The van der Waals surface area contributed by atoms with Gasteiger partial charge in [0.1, 0.15) is 12.6 Å². The molecule has 2 amide bonds. The van der Waals surface area contributed by atoms with Gasteiger partial charge in [0, 0.05) is 12.5 Å². The lowest BCUT2D eigenvalue weighted by atomic mass is 9.98. The van der Waals surface area contributed by atoms with E-state index in [1.807, 2.05) is 54.6 Å². The SMILES string of the molecule is C=CCCNC(=O)C(NC(=O)C(=O)OCC1c2ccccc2-c2ccccc21)c1ccccc1. The van der Waals surface area contributed by atoms with Crippen molar-refractivity contribution in [2.24, 2.45) is 0 Å². The maximum atomic E-state index is 12.7. The summed E-state index contributed by atoms with van der Waals surface area (Å²) >= 11 is 0. The second-order valence-corrected chi connectivity index (χ2v) is 8.01. The molecule has 0 saturated carbocycles. The Morgan fingerprint density at radius 2 is 1.47 bits per heavy atom. The molecule has 1 atom stereocenters. The van der Waals surface area contributed by atoms with Crippen LogP contribution in [0, 0.1) is 0 Å². The fraction of sp³-hybridized carbons (Fsp3) is 0.179. The molecule has 2 N–H and O–H groups in total. The Hall–Kier alpha value is -4.19. The zero-order chi connectivity index (χ0) is 23.9. The van der Waals surface area contributed by atoms with Gasteiger partial charge in [-0.3, -0.25) is 9.59 Å². The van der Waals surface area contributed by atoms with Gasteiger partial charge >= 0.3 is 11.9 Å². The van der Waals surface area contributed by atoms with E-state index in [-0.39, 0.29) is 12.5 Å². The van der Waals surface area contributed by atoms with Crippen LogP contribution in [0.4, 0.5) is 0 Å². The molecule has 6 nitrogen and oxygen atoms in total. The van der Waals surface area contributed by atoms with E-state index in [9.17, 15) is 14.4 Å². The van der Waals surface area contributed by atoms with Crippen molar-refractivity contribution in [2.45, 2.75) is 18.4 Å². The van der Waals surface area contributed by atoms with Gasteiger partial charge in [0.15, 0.2) is 0 Å². The number of carbonyl (C=O) groups is 3. The summed E-state index contributed by atoms with van der Waals surface area (Å²) in [4.78, 5) is 38.0. The number of esters is 1. The zero-order valence-electron chi connectivity index (χ0n) is 18.7. The molecule has 3 aromatic rings. The van der Waals surface area contributed by atoms with Gasteiger partial charge in [-0.1, -0.05) is 84.9 Å². The Bertz CT molecular complexity index is 1160. The first-order valence-electron chi connectivity index (χ1n) is 11.2. The van der Waals surface area contributed by atoms with Crippen molar-refractivity contribution in [3.05, 3.63) is 108 Å². The highest BCUT2D eigenvalue weighted by Crippen LogP contribution is 2.44. The second-order valence-electron chi connectivity index (χ2n) is 8.01. The number of rotatable bonds is 8. The maximum absolute atomic E-state index is 12.7. The lowest BCUT2D eigenvalue weighted by Gasteiger charge is -2.19. The van der Waals surface area contributed by atoms with Crippen LogP contribution in [0.25, 0.3) is 11.1 Å². The topological polar surface area (TPSA) is 84.5 Å². The van der Waals surface area contributed by atoms with Crippen molar-refractivity contribution in [3.63, 3.8) is 0 Å². The number of carbonyl (C=O) groups excluding carboxylic acids is 3. The molecular formula is C28H26N2O4. The highest BCUT2D eigenvalue weighted by atomic mass is 16.5. The number of benzene rings is 3. The molecule has 0 aromatic heterocycles. The van der Waals surface area contributed by atoms with E-state index in [1.54, 1.807) is 30.3 Å². The first-order chi connectivity index (χ1) is 16.6. The number of amides is 2. The molecular weight excluding hydrogens is 428 g/mol. The van der Waals surface area contributed by atoms with Gasteiger partial charge in [-0.05, 0) is 34.2 Å². The lowest BCUT2D eigenvalue weighted by Crippen LogP contribution is -2.43. The molecule has 0 aliphatic heterocycles. The van der Waals surface area contributed by atoms with Crippen molar-refractivity contribution >= 4 is 17.8 Å². The van der Waals surface area contributed by atoms with E-state index in [4.69, 9.17) is 4.74 Å². The molecule has 0 saturated heterocycles. The van der Waals surface area contributed by atoms with Crippen molar-refractivity contribution in [3.8, 4) is 11.1 Å². The third-order valence-corrected chi connectivity index (χ3v) is 5.85. The van der Waals surface area contributed by atoms with Crippen LogP contribution >= 0.6 is 0 Å². The summed E-state index contributed by atoms with van der Waals surface area (Å²) in [7, 11) is 0. The average Bonchev–Trinajstić information content (AvgIpc) is 3.20. The fourth-order valence-corrected chi connectivity index (χ4v) is 4.20. The Kier molecular flexibility index (Phi) is 7.18. The predicted octanol–water partition coefficient (Wildman–Crippen LogP) is 3.89. The number of ether oxygens (including phenoxy) is 1. The van der Waals surface area contributed by atoms with Crippen LogP contribution in [-0.2, 0) is 19.1 Å². The summed E-state index contributed by atoms with van der Waals surface area (Å²) in [5.41, 5.74) is 4.88. The summed E-state index contributed by atoms with van der Waals surface area (Å²) in [5.74, 6) is -2.56. The molecule has 0 radical (unpaired) electrons. The van der Waals surface area contributed by atoms with E-state index < -0.39 is 23.8 Å².